The van der Waals surface area contributed by atoms with Gasteiger partial charge in [-0.05, 0) is 42.1 Å². The van der Waals surface area contributed by atoms with Crippen LogP contribution in [0.15, 0.2) is 70.0 Å². The first-order valence-corrected chi connectivity index (χ1v) is 10.6. The lowest BCUT2D eigenvalue weighted by Gasteiger charge is -2.11. The number of benzene rings is 2. The van der Waals surface area contributed by atoms with E-state index in [1.165, 1.54) is 24.3 Å². The number of carbonyl (C=O) groups is 3. The molecule has 4 rings (SSSR count). The largest absolute Gasteiger partial charge is 0.457 e. The van der Waals surface area contributed by atoms with Crippen molar-refractivity contribution in [3.05, 3.63) is 87.5 Å². The zero-order valence-electron chi connectivity index (χ0n) is 16.6. The number of hydrogen-bond donors (Lipinski definition) is 0. The number of furan rings is 1. The minimum atomic E-state index is -4.63. The SMILES string of the molecule is O=C(CN1C(=O)SC(=Cc2ccc(-c3ccc(Cl)c(C(F)(F)F)c3)o2)C1=O)c1ccccc1. The fraction of sp³-hybridized carbons (Fsp3) is 0.0870. The number of imide groups is 1. The second-order valence-corrected chi connectivity index (χ2v) is 8.35. The van der Waals surface area contributed by atoms with E-state index in [-0.39, 0.29) is 27.8 Å². The van der Waals surface area contributed by atoms with Gasteiger partial charge in [-0.15, -0.1) is 0 Å². The van der Waals surface area contributed by atoms with E-state index in [1.54, 1.807) is 30.3 Å². The van der Waals surface area contributed by atoms with Crippen LogP contribution in [0.4, 0.5) is 18.0 Å². The maximum Gasteiger partial charge on any atom is 0.417 e. The minimum absolute atomic E-state index is 0.0360. The molecule has 2 aromatic carbocycles. The molecule has 10 heteroatoms. The second kappa shape index (κ2) is 8.92. The molecule has 0 bridgehead atoms. The van der Waals surface area contributed by atoms with E-state index in [0.717, 1.165) is 17.0 Å². The van der Waals surface area contributed by atoms with Gasteiger partial charge in [0.05, 0.1) is 22.0 Å². The molecule has 1 fully saturated rings. The van der Waals surface area contributed by atoms with Crippen LogP contribution in [-0.4, -0.2) is 28.4 Å². The highest BCUT2D eigenvalue weighted by atomic mass is 35.5. The van der Waals surface area contributed by atoms with Crippen LogP contribution in [0.2, 0.25) is 5.02 Å². The van der Waals surface area contributed by atoms with Gasteiger partial charge in [0, 0.05) is 17.2 Å². The summed E-state index contributed by atoms with van der Waals surface area (Å²) in [5.41, 5.74) is -0.478. The molecule has 0 aliphatic carbocycles. The normalized spacial score (nSPS) is 15.5. The van der Waals surface area contributed by atoms with Crippen LogP contribution < -0.4 is 0 Å². The summed E-state index contributed by atoms with van der Waals surface area (Å²) in [5.74, 6) is -0.754. The van der Waals surface area contributed by atoms with Crippen LogP contribution in [0.25, 0.3) is 17.4 Å². The highest BCUT2D eigenvalue weighted by molar-refractivity contribution is 8.18. The van der Waals surface area contributed by atoms with E-state index in [9.17, 15) is 27.6 Å². The van der Waals surface area contributed by atoms with Gasteiger partial charge < -0.3 is 4.42 Å². The van der Waals surface area contributed by atoms with Gasteiger partial charge in [0.15, 0.2) is 5.78 Å². The molecule has 5 nitrogen and oxygen atoms in total. The Morgan fingerprint density at radius 1 is 1.06 bits per heavy atom. The molecule has 168 valence electrons. The zero-order valence-corrected chi connectivity index (χ0v) is 18.1. The van der Waals surface area contributed by atoms with Crippen molar-refractivity contribution in [1.29, 1.82) is 0 Å². The molecule has 2 heterocycles. The topological polar surface area (TPSA) is 67.6 Å². The van der Waals surface area contributed by atoms with Gasteiger partial charge in [0.25, 0.3) is 11.1 Å². The van der Waals surface area contributed by atoms with Gasteiger partial charge in [-0.1, -0.05) is 41.9 Å². The number of carbonyl (C=O) groups excluding carboxylic acids is 3. The molecular weight excluding hydrogens is 479 g/mol. The molecule has 1 aliphatic rings. The Balaban J connectivity index is 1.53. The van der Waals surface area contributed by atoms with Crippen molar-refractivity contribution in [3.63, 3.8) is 0 Å². The van der Waals surface area contributed by atoms with Gasteiger partial charge >= 0.3 is 6.18 Å². The number of halogens is 4. The third kappa shape index (κ3) is 4.89. The van der Waals surface area contributed by atoms with Gasteiger partial charge in [0.1, 0.15) is 11.5 Å². The number of Topliss-reactive ketones (excluding diaryl/α,β-unsaturated/α-hetero) is 1. The standard InChI is InChI=1S/C23H13ClF3NO4S/c24-17-8-6-14(10-16(17)23(25,26)27)19-9-7-15(32-19)11-20-21(30)28(22(31)33-20)12-18(29)13-4-2-1-3-5-13/h1-11H,12H2. The summed E-state index contributed by atoms with van der Waals surface area (Å²) in [4.78, 5) is 38.1. The van der Waals surface area contributed by atoms with E-state index in [4.69, 9.17) is 16.0 Å². The molecule has 0 atom stereocenters. The summed E-state index contributed by atoms with van der Waals surface area (Å²) in [6, 6.07) is 14.5. The van der Waals surface area contributed by atoms with Crippen molar-refractivity contribution in [2.45, 2.75) is 6.18 Å². The molecule has 1 saturated heterocycles. The lowest BCUT2D eigenvalue weighted by molar-refractivity contribution is -0.137. The Hall–Kier alpha value is -3.30. The van der Waals surface area contributed by atoms with Crippen LogP contribution in [0.1, 0.15) is 21.7 Å². The minimum Gasteiger partial charge on any atom is -0.457 e. The van der Waals surface area contributed by atoms with E-state index < -0.39 is 34.5 Å². The molecule has 33 heavy (non-hydrogen) atoms. The molecule has 0 unspecified atom stereocenters. The predicted molar refractivity (Wildman–Crippen MR) is 118 cm³/mol. The highest BCUT2D eigenvalue weighted by Crippen LogP contribution is 2.38. The molecule has 0 N–H and O–H groups in total. The lowest BCUT2D eigenvalue weighted by Crippen LogP contribution is -2.33. The number of amides is 2. The van der Waals surface area contributed by atoms with Crippen LogP contribution in [0.5, 0.6) is 0 Å². The molecule has 0 saturated carbocycles. The Kier molecular flexibility index (Phi) is 6.18. The first-order valence-electron chi connectivity index (χ1n) is 9.44. The Labute approximate surface area is 194 Å². The summed E-state index contributed by atoms with van der Waals surface area (Å²) in [5, 5.41) is -1.04. The van der Waals surface area contributed by atoms with E-state index in [0.29, 0.717) is 17.3 Å². The van der Waals surface area contributed by atoms with Crippen molar-refractivity contribution < 1.29 is 32.0 Å². The Bertz CT molecular complexity index is 1280. The summed E-state index contributed by atoms with van der Waals surface area (Å²) < 4.78 is 44.9. The molecule has 0 spiro atoms. The van der Waals surface area contributed by atoms with Crippen LogP contribution in [0.3, 0.4) is 0 Å². The number of alkyl halides is 3. The summed E-state index contributed by atoms with van der Waals surface area (Å²) in [6.45, 7) is -0.402. The monoisotopic (exact) mass is 491 g/mol. The summed E-state index contributed by atoms with van der Waals surface area (Å²) in [7, 11) is 0. The number of ketones is 1. The fourth-order valence-electron chi connectivity index (χ4n) is 3.11. The number of thioether (sulfide) groups is 1. The number of nitrogens with zero attached hydrogens (tertiary/aromatic N) is 1. The van der Waals surface area contributed by atoms with Crippen LogP contribution in [0, 0.1) is 0 Å². The fourth-order valence-corrected chi connectivity index (χ4v) is 4.15. The summed E-state index contributed by atoms with van der Waals surface area (Å²) >= 11 is 6.29. The second-order valence-electron chi connectivity index (χ2n) is 6.95. The maximum atomic E-state index is 13.1. The van der Waals surface area contributed by atoms with Crippen molar-refractivity contribution in [2.24, 2.45) is 0 Å². The Morgan fingerprint density at radius 3 is 2.48 bits per heavy atom. The molecular formula is C23H13ClF3NO4S. The Morgan fingerprint density at radius 2 is 1.79 bits per heavy atom. The van der Waals surface area contributed by atoms with Crippen molar-refractivity contribution in [2.75, 3.05) is 6.54 Å². The van der Waals surface area contributed by atoms with E-state index in [1.807, 2.05) is 0 Å². The maximum absolute atomic E-state index is 13.1. The number of rotatable bonds is 5. The third-order valence-electron chi connectivity index (χ3n) is 4.73. The predicted octanol–water partition coefficient (Wildman–Crippen LogP) is 6.54. The van der Waals surface area contributed by atoms with E-state index in [2.05, 4.69) is 0 Å². The quantitative estimate of drug-likeness (QED) is 0.299. The van der Waals surface area contributed by atoms with Gasteiger partial charge in [-0.25, -0.2) is 0 Å². The molecule has 3 aromatic rings. The van der Waals surface area contributed by atoms with Gasteiger partial charge in [0.2, 0.25) is 0 Å². The number of hydrogen-bond acceptors (Lipinski definition) is 5. The average molecular weight is 492 g/mol. The molecule has 1 aliphatic heterocycles. The third-order valence-corrected chi connectivity index (χ3v) is 5.96. The molecule has 2 amide bonds. The van der Waals surface area contributed by atoms with Crippen LogP contribution in [-0.2, 0) is 11.0 Å². The van der Waals surface area contributed by atoms with E-state index >= 15 is 0 Å². The average Bonchev–Trinajstić information content (AvgIpc) is 3.34. The molecule has 0 radical (unpaired) electrons. The van der Waals surface area contributed by atoms with Crippen LogP contribution >= 0.6 is 23.4 Å². The lowest BCUT2D eigenvalue weighted by atomic mass is 10.1. The first-order chi connectivity index (χ1) is 15.6. The molecule has 1 aromatic heterocycles. The van der Waals surface area contributed by atoms with Gasteiger partial charge in [-0.3, -0.25) is 19.3 Å². The van der Waals surface area contributed by atoms with Crippen molar-refractivity contribution in [1.82, 2.24) is 4.90 Å². The van der Waals surface area contributed by atoms with Crippen molar-refractivity contribution >= 4 is 46.4 Å². The first kappa shape index (κ1) is 22.9. The zero-order chi connectivity index (χ0) is 23.8. The highest BCUT2D eigenvalue weighted by Gasteiger charge is 2.37. The summed E-state index contributed by atoms with van der Waals surface area (Å²) in [6.07, 6.45) is -3.32. The van der Waals surface area contributed by atoms with Crippen molar-refractivity contribution in [3.8, 4) is 11.3 Å². The van der Waals surface area contributed by atoms with Gasteiger partial charge in [-0.2, -0.15) is 13.2 Å². The smallest absolute Gasteiger partial charge is 0.417 e.